The Bertz CT molecular complexity index is 640. The van der Waals surface area contributed by atoms with Crippen LogP contribution < -0.4 is 5.73 Å². The number of nitrogens with two attached hydrogens (primary N) is 1. The van der Waals surface area contributed by atoms with Crippen molar-refractivity contribution in [3.8, 4) is 11.3 Å². The molecule has 0 fully saturated rings. The Morgan fingerprint density at radius 1 is 1.00 bits per heavy atom. The fourth-order valence-electron chi connectivity index (χ4n) is 2.57. The number of H-pyrrole nitrogens is 1. The second-order valence-electron chi connectivity index (χ2n) is 5.22. The first-order valence-electron chi connectivity index (χ1n) is 6.40. The fourth-order valence-corrected chi connectivity index (χ4v) is 2.57. The molecule has 0 saturated carbocycles. The Balaban J connectivity index is 2.72. The highest BCUT2D eigenvalue weighted by Crippen LogP contribution is 2.32. The quantitative estimate of drug-likeness (QED) is 0.850. The highest BCUT2D eigenvalue weighted by atomic mass is 16.1. The van der Waals surface area contributed by atoms with Gasteiger partial charge in [0.25, 0.3) is 5.91 Å². The molecule has 0 aliphatic heterocycles. The number of rotatable bonds is 2. The molecule has 0 radical (unpaired) electrons. The highest BCUT2D eigenvalue weighted by molar-refractivity contribution is 5.95. The Morgan fingerprint density at radius 2 is 1.53 bits per heavy atom. The van der Waals surface area contributed by atoms with E-state index in [2.05, 4.69) is 38.7 Å². The number of hydrogen-bond donors (Lipinski definition) is 2. The van der Waals surface area contributed by atoms with Crippen molar-refractivity contribution in [3.05, 3.63) is 45.6 Å². The van der Waals surface area contributed by atoms with E-state index in [4.69, 9.17) is 5.73 Å². The van der Waals surface area contributed by atoms with Gasteiger partial charge in [0.05, 0.1) is 5.56 Å². The first-order valence-corrected chi connectivity index (χ1v) is 6.40. The summed E-state index contributed by atoms with van der Waals surface area (Å²) in [6.45, 7) is 10.3. The summed E-state index contributed by atoms with van der Waals surface area (Å²) in [5.41, 5.74) is 13.9. The number of amides is 1. The highest BCUT2D eigenvalue weighted by Gasteiger charge is 2.15. The molecule has 0 atom stereocenters. The second kappa shape index (κ2) is 4.57. The van der Waals surface area contributed by atoms with Crippen molar-refractivity contribution in [1.82, 2.24) is 4.98 Å². The molecule has 3 N–H and O–H groups in total. The van der Waals surface area contributed by atoms with E-state index in [9.17, 15) is 4.79 Å². The first-order chi connectivity index (χ1) is 8.82. The molecule has 0 unspecified atom stereocenters. The third-order valence-electron chi connectivity index (χ3n) is 3.92. The minimum atomic E-state index is -0.389. The lowest BCUT2D eigenvalue weighted by atomic mass is 9.92. The van der Waals surface area contributed by atoms with Gasteiger partial charge in [0.15, 0.2) is 0 Å². The number of hydrogen-bond acceptors (Lipinski definition) is 1. The van der Waals surface area contributed by atoms with Crippen LogP contribution in [0.5, 0.6) is 0 Å². The molecule has 1 aromatic heterocycles. The average molecular weight is 256 g/mol. The van der Waals surface area contributed by atoms with Crippen molar-refractivity contribution in [1.29, 1.82) is 0 Å². The van der Waals surface area contributed by atoms with Crippen LogP contribution in [-0.2, 0) is 0 Å². The van der Waals surface area contributed by atoms with Gasteiger partial charge < -0.3 is 10.7 Å². The molecule has 0 bridgehead atoms. The van der Waals surface area contributed by atoms with Crippen LogP contribution >= 0.6 is 0 Å². The number of primary amides is 1. The molecule has 0 aliphatic carbocycles. The van der Waals surface area contributed by atoms with Crippen LogP contribution in [0.15, 0.2) is 12.1 Å². The lowest BCUT2D eigenvalue weighted by Gasteiger charge is -2.14. The topological polar surface area (TPSA) is 58.9 Å². The molecule has 0 spiro atoms. The molecule has 3 nitrogen and oxygen atoms in total. The molecule has 0 aliphatic rings. The zero-order chi connectivity index (χ0) is 14.3. The van der Waals surface area contributed by atoms with Crippen molar-refractivity contribution < 1.29 is 4.79 Å². The molecule has 19 heavy (non-hydrogen) atoms. The van der Waals surface area contributed by atoms with Gasteiger partial charge in [-0.3, -0.25) is 4.79 Å². The van der Waals surface area contributed by atoms with Crippen molar-refractivity contribution in [2.24, 2.45) is 5.73 Å². The third kappa shape index (κ3) is 2.16. The average Bonchev–Trinajstić information content (AvgIpc) is 2.69. The molecular weight excluding hydrogens is 236 g/mol. The maximum atomic E-state index is 11.4. The molecule has 3 heteroatoms. The zero-order valence-electron chi connectivity index (χ0n) is 12.1. The summed E-state index contributed by atoms with van der Waals surface area (Å²) in [4.78, 5) is 14.6. The SMILES string of the molecule is Cc1cc(C)c(C)c(-c2cc(C(N)=O)c(C)[nH]2)c1C. The Labute approximate surface area is 113 Å². The van der Waals surface area contributed by atoms with Crippen LogP contribution in [0, 0.1) is 34.6 Å². The molecule has 100 valence electrons. The van der Waals surface area contributed by atoms with Gasteiger partial charge in [0.1, 0.15) is 0 Å². The van der Waals surface area contributed by atoms with Gasteiger partial charge in [-0.1, -0.05) is 6.07 Å². The van der Waals surface area contributed by atoms with Crippen LogP contribution in [0.25, 0.3) is 11.3 Å². The molecule has 2 rings (SSSR count). The van der Waals surface area contributed by atoms with E-state index >= 15 is 0 Å². The maximum Gasteiger partial charge on any atom is 0.250 e. The summed E-state index contributed by atoms with van der Waals surface area (Å²) >= 11 is 0. The number of benzene rings is 1. The predicted octanol–water partition coefficient (Wildman–Crippen LogP) is 3.32. The van der Waals surface area contributed by atoms with E-state index in [0.717, 1.165) is 11.4 Å². The van der Waals surface area contributed by atoms with Gasteiger partial charge >= 0.3 is 0 Å². The molecule has 1 amide bonds. The van der Waals surface area contributed by atoms with E-state index in [1.807, 2.05) is 13.0 Å². The summed E-state index contributed by atoms with van der Waals surface area (Å²) in [6, 6.07) is 4.05. The van der Waals surface area contributed by atoms with E-state index in [0.29, 0.717) is 5.56 Å². The lowest BCUT2D eigenvalue weighted by molar-refractivity contribution is 0.1000. The van der Waals surface area contributed by atoms with Crippen molar-refractivity contribution in [2.45, 2.75) is 34.6 Å². The smallest absolute Gasteiger partial charge is 0.250 e. The fraction of sp³-hybridized carbons (Fsp3) is 0.312. The van der Waals surface area contributed by atoms with Gasteiger partial charge in [-0.2, -0.15) is 0 Å². The van der Waals surface area contributed by atoms with E-state index in [-0.39, 0.29) is 5.91 Å². The Morgan fingerprint density at radius 3 is 1.95 bits per heavy atom. The molecule has 0 saturated heterocycles. The number of aromatic amines is 1. The van der Waals surface area contributed by atoms with Crippen molar-refractivity contribution in [2.75, 3.05) is 0 Å². The van der Waals surface area contributed by atoms with Crippen LogP contribution in [0.1, 0.15) is 38.3 Å². The standard InChI is InChI=1S/C16H20N2O/c1-8-6-9(2)11(4)15(10(8)3)14-7-13(16(17)19)12(5)18-14/h6-7,18H,1-5H3,(H2,17,19). The van der Waals surface area contributed by atoms with Crippen LogP contribution in [0.4, 0.5) is 0 Å². The monoisotopic (exact) mass is 256 g/mol. The summed E-state index contributed by atoms with van der Waals surface area (Å²) in [6.07, 6.45) is 0. The summed E-state index contributed by atoms with van der Waals surface area (Å²) in [5.74, 6) is -0.389. The van der Waals surface area contributed by atoms with Crippen molar-refractivity contribution in [3.63, 3.8) is 0 Å². The van der Waals surface area contributed by atoms with Crippen LogP contribution in [0.3, 0.4) is 0 Å². The third-order valence-corrected chi connectivity index (χ3v) is 3.92. The summed E-state index contributed by atoms with van der Waals surface area (Å²) < 4.78 is 0. The number of aryl methyl sites for hydroxylation is 3. The molecule has 2 aromatic rings. The minimum Gasteiger partial charge on any atom is -0.366 e. The first kappa shape index (κ1) is 13.4. The lowest BCUT2D eigenvalue weighted by Crippen LogP contribution is -2.10. The van der Waals surface area contributed by atoms with Gasteiger partial charge in [-0.05, 0) is 62.9 Å². The predicted molar refractivity (Wildman–Crippen MR) is 78.4 cm³/mol. The molecular formula is C16H20N2O. The van der Waals surface area contributed by atoms with E-state index in [1.165, 1.54) is 27.8 Å². The van der Waals surface area contributed by atoms with Gasteiger partial charge in [0, 0.05) is 17.0 Å². The van der Waals surface area contributed by atoms with Crippen LogP contribution in [0.2, 0.25) is 0 Å². The Hall–Kier alpha value is -2.03. The number of nitrogens with one attached hydrogen (secondary N) is 1. The molecule has 1 heterocycles. The second-order valence-corrected chi connectivity index (χ2v) is 5.22. The van der Waals surface area contributed by atoms with Crippen LogP contribution in [-0.4, -0.2) is 10.9 Å². The number of carbonyl (C=O) groups is 1. The molecule has 1 aromatic carbocycles. The van der Waals surface area contributed by atoms with Gasteiger partial charge in [-0.25, -0.2) is 0 Å². The summed E-state index contributed by atoms with van der Waals surface area (Å²) in [7, 11) is 0. The summed E-state index contributed by atoms with van der Waals surface area (Å²) in [5, 5.41) is 0. The van der Waals surface area contributed by atoms with Crippen molar-refractivity contribution >= 4 is 5.91 Å². The largest absolute Gasteiger partial charge is 0.366 e. The van der Waals surface area contributed by atoms with Gasteiger partial charge in [0.2, 0.25) is 0 Å². The maximum absolute atomic E-state index is 11.4. The zero-order valence-corrected chi connectivity index (χ0v) is 12.1. The van der Waals surface area contributed by atoms with E-state index in [1.54, 1.807) is 0 Å². The Kier molecular flexibility index (Phi) is 3.23. The minimum absolute atomic E-state index is 0.389. The van der Waals surface area contributed by atoms with E-state index < -0.39 is 0 Å². The van der Waals surface area contributed by atoms with Gasteiger partial charge in [-0.15, -0.1) is 0 Å². The number of carbonyl (C=O) groups excluding carboxylic acids is 1. The number of aromatic nitrogens is 1. The normalized spacial score (nSPS) is 10.8.